The van der Waals surface area contributed by atoms with Crippen molar-refractivity contribution in [3.05, 3.63) is 0 Å². The Hall–Kier alpha value is -0.120. The van der Waals surface area contributed by atoms with Crippen LogP contribution in [0.4, 0.5) is 0 Å². The van der Waals surface area contributed by atoms with E-state index < -0.39 is 11.4 Å². The predicted molar refractivity (Wildman–Crippen MR) is 48.6 cm³/mol. The van der Waals surface area contributed by atoms with E-state index >= 15 is 0 Å². The van der Waals surface area contributed by atoms with Crippen LogP contribution in [0.3, 0.4) is 0 Å². The second-order valence-electron chi connectivity index (χ2n) is 5.33. The first-order valence-corrected chi connectivity index (χ1v) is 5.38. The molecule has 0 aromatic carbocycles. The molecule has 4 saturated carbocycles. The maximum atomic E-state index is 11.7. The summed E-state index contributed by atoms with van der Waals surface area (Å²) in [5.74, 6) is 0.373. The molecule has 4 aliphatic carbocycles. The molecule has 0 aromatic heterocycles. The quantitative estimate of drug-likeness (QED) is 0.746. The summed E-state index contributed by atoms with van der Waals surface area (Å²) in [5, 5.41) is 9.25. The third-order valence-electron chi connectivity index (χ3n) is 4.45. The van der Waals surface area contributed by atoms with Crippen LogP contribution in [-0.2, 0) is 32.0 Å². The van der Waals surface area contributed by atoms with Crippen molar-refractivity contribution in [2.45, 2.75) is 32.1 Å². The number of carbonyl (C=O) groups excluding carboxylic acids is 1. The van der Waals surface area contributed by atoms with Crippen molar-refractivity contribution in [1.82, 2.24) is 0 Å². The molecule has 0 saturated heterocycles. The summed E-state index contributed by atoms with van der Waals surface area (Å²) in [6.45, 7) is 0. The average Bonchev–Trinajstić information content (AvgIpc) is 2.12. The zero-order valence-electron chi connectivity index (χ0n) is 8.33. The van der Waals surface area contributed by atoms with E-state index in [2.05, 4.69) is 0 Å². The van der Waals surface area contributed by atoms with Crippen molar-refractivity contribution in [2.75, 3.05) is 0 Å². The van der Waals surface area contributed by atoms with Crippen LogP contribution in [0.5, 0.6) is 0 Å². The third-order valence-corrected chi connectivity index (χ3v) is 4.45. The first kappa shape index (κ1) is 11.4. The maximum Gasteiger partial charge on any atom is 0.309 e. The Morgan fingerprint density at radius 1 is 1.20 bits per heavy atom. The van der Waals surface area contributed by atoms with E-state index in [0.717, 1.165) is 19.3 Å². The number of carbonyl (C=O) groups is 2. The van der Waals surface area contributed by atoms with Crippen molar-refractivity contribution in [3.8, 4) is 0 Å². The molecule has 4 rings (SSSR count). The first-order chi connectivity index (χ1) is 6.61. The zero-order chi connectivity index (χ0) is 9.92. The van der Waals surface area contributed by atoms with E-state index in [1.165, 1.54) is 0 Å². The summed E-state index contributed by atoms with van der Waals surface area (Å²) in [6, 6.07) is 0. The van der Waals surface area contributed by atoms with Crippen LogP contribution in [0.15, 0.2) is 0 Å². The molecule has 87 valence electrons. The van der Waals surface area contributed by atoms with Gasteiger partial charge in [-0.25, -0.2) is 0 Å². The van der Waals surface area contributed by atoms with Crippen molar-refractivity contribution < 1.29 is 37.1 Å². The smallest absolute Gasteiger partial charge is 0.309 e. The van der Waals surface area contributed by atoms with Crippen molar-refractivity contribution in [1.29, 1.82) is 0 Å². The third kappa shape index (κ3) is 1.44. The second kappa shape index (κ2) is 3.44. The van der Waals surface area contributed by atoms with E-state index in [1.54, 1.807) is 0 Å². The summed E-state index contributed by atoms with van der Waals surface area (Å²) in [7, 11) is 0. The summed E-state index contributed by atoms with van der Waals surface area (Å²) in [4.78, 5) is 23.0. The molecule has 0 spiro atoms. The average molecular weight is 302 g/mol. The van der Waals surface area contributed by atoms with Gasteiger partial charge in [-0.15, -0.1) is 0 Å². The molecule has 0 aliphatic heterocycles. The van der Waals surface area contributed by atoms with Crippen molar-refractivity contribution >= 4 is 11.8 Å². The monoisotopic (exact) mass is 301 g/mol. The van der Waals surface area contributed by atoms with Gasteiger partial charge in [-0.1, -0.05) is 0 Å². The van der Waals surface area contributed by atoms with Gasteiger partial charge in [0.1, 0.15) is 5.78 Å². The van der Waals surface area contributed by atoms with Crippen LogP contribution in [0, 0.1) is 23.2 Å². The Bertz CT molecular complexity index is 308. The van der Waals surface area contributed by atoms with Crippen molar-refractivity contribution in [3.63, 3.8) is 0 Å². The van der Waals surface area contributed by atoms with Gasteiger partial charge in [0.2, 0.25) is 0 Å². The molecule has 0 amide bonds. The number of carboxylic acids is 1. The fourth-order valence-corrected chi connectivity index (χ4v) is 4.01. The minimum absolute atomic E-state index is 0. The number of aliphatic carboxylic acids is 1. The normalized spacial score (nSPS) is 46.4. The molecule has 2 unspecified atom stereocenters. The molecule has 2 atom stereocenters. The number of rotatable bonds is 1. The van der Waals surface area contributed by atoms with Gasteiger partial charge in [0, 0.05) is 34.2 Å². The topological polar surface area (TPSA) is 54.4 Å². The molecule has 4 aliphatic rings. The van der Waals surface area contributed by atoms with Crippen molar-refractivity contribution in [2.24, 2.45) is 23.2 Å². The Labute approximate surface area is 104 Å². The minimum atomic E-state index is -0.663. The minimum Gasteiger partial charge on any atom is -0.481 e. The molecule has 4 heteroatoms. The first-order valence-electron chi connectivity index (χ1n) is 5.38. The molecular formula is C11H14AgO3. The van der Waals surface area contributed by atoms with Crippen LogP contribution in [0.2, 0.25) is 0 Å². The number of hydrogen-bond donors (Lipinski definition) is 1. The van der Waals surface area contributed by atoms with Gasteiger partial charge in [-0.3, -0.25) is 9.59 Å². The van der Waals surface area contributed by atoms with Crippen LogP contribution in [0.1, 0.15) is 32.1 Å². The zero-order valence-corrected chi connectivity index (χ0v) is 9.82. The fraction of sp³-hybridized carbons (Fsp3) is 0.818. The number of ketones is 1. The van der Waals surface area contributed by atoms with Gasteiger partial charge in [0.25, 0.3) is 0 Å². The molecule has 15 heavy (non-hydrogen) atoms. The molecule has 4 fully saturated rings. The van der Waals surface area contributed by atoms with Gasteiger partial charge in [0.15, 0.2) is 0 Å². The van der Waals surface area contributed by atoms with E-state index in [-0.39, 0.29) is 34.2 Å². The molecule has 0 aromatic rings. The van der Waals surface area contributed by atoms with E-state index in [4.69, 9.17) is 0 Å². The van der Waals surface area contributed by atoms with Gasteiger partial charge in [-0.2, -0.15) is 0 Å². The van der Waals surface area contributed by atoms with E-state index in [0.29, 0.717) is 24.5 Å². The molecule has 1 radical (unpaired) electrons. The Kier molecular flexibility index (Phi) is 2.61. The Morgan fingerprint density at radius 2 is 1.73 bits per heavy atom. The summed E-state index contributed by atoms with van der Waals surface area (Å²) < 4.78 is 0. The van der Waals surface area contributed by atoms with E-state index in [1.807, 2.05) is 0 Å². The molecule has 1 N–H and O–H groups in total. The standard InChI is InChI=1S/C11H14O3.Ag/c12-9-7-1-6-2-8(9)5-11(3-6,4-7)10(13)14;/h6-8H,1-5H2,(H,13,14);. The van der Waals surface area contributed by atoms with E-state index in [9.17, 15) is 14.7 Å². The SMILES string of the molecule is O=C1C2CC3CC1CC(C(=O)O)(C3)C2.[Ag]. The Morgan fingerprint density at radius 3 is 2.20 bits per heavy atom. The summed E-state index contributed by atoms with van der Waals surface area (Å²) >= 11 is 0. The van der Waals surface area contributed by atoms with Gasteiger partial charge >= 0.3 is 5.97 Å². The molecule has 0 heterocycles. The molecule has 3 nitrogen and oxygen atoms in total. The predicted octanol–water partition coefficient (Wildman–Crippen LogP) is 1.46. The van der Waals surface area contributed by atoms with Gasteiger partial charge in [-0.05, 0) is 38.0 Å². The second-order valence-corrected chi connectivity index (χ2v) is 5.33. The summed E-state index contributed by atoms with van der Waals surface area (Å²) in [6.07, 6.45) is 3.99. The largest absolute Gasteiger partial charge is 0.481 e. The van der Waals surface area contributed by atoms with Crippen LogP contribution >= 0.6 is 0 Å². The number of hydrogen-bond acceptors (Lipinski definition) is 2. The van der Waals surface area contributed by atoms with Crippen LogP contribution in [-0.4, -0.2) is 16.9 Å². The van der Waals surface area contributed by atoms with Crippen LogP contribution in [0.25, 0.3) is 0 Å². The Balaban J connectivity index is 0.000000853. The van der Waals surface area contributed by atoms with Gasteiger partial charge in [0.05, 0.1) is 5.41 Å². The number of carboxylic acid groups (broad SMARTS) is 1. The fourth-order valence-electron chi connectivity index (χ4n) is 4.01. The molecule has 4 bridgehead atoms. The molecular weight excluding hydrogens is 288 g/mol. The van der Waals surface area contributed by atoms with Gasteiger partial charge < -0.3 is 5.11 Å². The maximum absolute atomic E-state index is 11.7. The number of Topliss-reactive ketones (excluding diaryl/α,β-unsaturated/α-hetero) is 1. The van der Waals surface area contributed by atoms with Crippen LogP contribution < -0.4 is 0 Å². The summed E-state index contributed by atoms with van der Waals surface area (Å²) in [5.41, 5.74) is -0.523.